The number of amides is 1. The molecular weight excluding hydrogens is 314 g/mol. The van der Waals surface area contributed by atoms with Crippen LogP contribution in [-0.2, 0) is 9.53 Å². The molecule has 2 rings (SSSR count). The number of ether oxygens (including phenoxy) is 1. The second-order valence-corrected chi connectivity index (χ2v) is 8.45. The topological polar surface area (TPSA) is 92.6 Å². The number of carboxylic acid groups (broad SMARTS) is 1. The second kappa shape index (κ2) is 5.80. The lowest BCUT2D eigenvalue weighted by molar-refractivity contribution is -0.138. The van der Waals surface area contributed by atoms with Gasteiger partial charge < -0.3 is 14.7 Å². The van der Waals surface area contributed by atoms with Crippen molar-refractivity contribution in [1.82, 2.24) is 15.1 Å². The van der Waals surface area contributed by atoms with E-state index in [2.05, 4.69) is 10.2 Å². The Morgan fingerprint density at radius 1 is 1.52 bits per heavy atom. The number of hydrogen-bond acceptors (Lipinski definition) is 7. The number of hydrogen-bond donors (Lipinski definition) is 1. The zero-order chi connectivity index (χ0) is 15.7. The number of rotatable bonds is 4. The van der Waals surface area contributed by atoms with Crippen molar-refractivity contribution in [3.8, 4) is 0 Å². The summed E-state index contributed by atoms with van der Waals surface area (Å²) >= 11 is 2.73. The number of aliphatic carboxylic acids is 1. The van der Waals surface area contributed by atoms with E-state index >= 15 is 0 Å². The summed E-state index contributed by atoms with van der Waals surface area (Å²) in [4.78, 5) is 24.5. The third-order valence-corrected chi connectivity index (χ3v) is 4.84. The largest absolute Gasteiger partial charge is 0.481 e. The molecule has 0 saturated carbocycles. The van der Waals surface area contributed by atoms with Crippen LogP contribution in [0, 0.1) is 0 Å². The molecule has 0 spiro atoms. The van der Waals surface area contributed by atoms with E-state index < -0.39 is 22.4 Å². The average molecular weight is 331 g/mol. The minimum Gasteiger partial charge on any atom is -0.481 e. The highest BCUT2D eigenvalue weighted by atomic mass is 32.2. The standard InChI is InChI=1S/C12H17N3O4S2/c1-11(2,3)19-10(18)15-5-12(6-15,4-8(16)17)21-9-14-13-7-20-9/h7H,4-6H2,1-3H3,(H,16,17). The van der Waals surface area contributed by atoms with Crippen LogP contribution < -0.4 is 0 Å². The van der Waals surface area contributed by atoms with Crippen LogP contribution in [0.3, 0.4) is 0 Å². The average Bonchev–Trinajstić information content (AvgIpc) is 2.74. The maximum Gasteiger partial charge on any atom is 0.410 e. The van der Waals surface area contributed by atoms with Gasteiger partial charge in [-0.25, -0.2) is 4.79 Å². The van der Waals surface area contributed by atoms with Gasteiger partial charge in [0.2, 0.25) is 0 Å². The molecule has 0 aromatic carbocycles. The van der Waals surface area contributed by atoms with E-state index in [9.17, 15) is 9.59 Å². The van der Waals surface area contributed by atoms with Gasteiger partial charge >= 0.3 is 12.1 Å². The van der Waals surface area contributed by atoms with Crippen LogP contribution in [-0.4, -0.2) is 55.7 Å². The lowest BCUT2D eigenvalue weighted by atomic mass is 9.95. The summed E-state index contributed by atoms with van der Waals surface area (Å²) in [5.74, 6) is -0.893. The van der Waals surface area contributed by atoms with E-state index in [-0.39, 0.29) is 6.42 Å². The molecule has 0 bridgehead atoms. The summed E-state index contributed by atoms with van der Waals surface area (Å²) in [5, 5.41) is 16.7. The first-order valence-corrected chi connectivity index (χ1v) is 8.04. The number of likely N-dealkylation sites (tertiary alicyclic amines) is 1. The number of carbonyl (C=O) groups excluding carboxylic acids is 1. The molecule has 116 valence electrons. The molecule has 0 radical (unpaired) electrons. The molecular formula is C12H17N3O4S2. The Hall–Kier alpha value is -1.35. The highest BCUT2D eigenvalue weighted by molar-refractivity contribution is 8.02. The summed E-state index contributed by atoms with van der Waals surface area (Å²) in [6.45, 7) is 6.05. The van der Waals surface area contributed by atoms with E-state index in [0.717, 1.165) is 0 Å². The summed E-state index contributed by atoms with van der Waals surface area (Å²) in [7, 11) is 0. The van der Waals surface area contributed by atoms with Crippen molar-refractivity contribution in [1.29, 1.82) is 0 Å². The highest BCUT2D eigenvalue weighted by Crippen LogP contribution is 2.43. The van der Waals surface area contributed by atoms with Gasteiger partial charge in [-0.05, 0) is 20.8 Å². The fraction of sp³-hybridized carbons (Fsp3) is 0.667. The minimum atomic E-state index is -0.893. The maximum atomic E-state index is 11.9. The van der Waals surface area contributed by atoms with Crippen molar-refractivity contribution in [3.63, 3.8) is 0 Å². The number of carbonyl (C=O) groups is 2. The number of aromatic nitrogens is 2. The van der Waals surface area contributed by atoms with Gasteiger partial charge in [0.25, 0.3) is 0 Å². The first-order chi connectivity index (χ1) is 9.69. The minimum absolute atomic E-state index is 0.0312. The van der Waals surface area contributed by atoms with Crippen LogP contribution in [0.25, 0.3) is 0 Å². The molecule has 1 saturated heterocycles. The molecule has 0 aliphatic carbocycles. The van der Waals surface area contributed by atoms with Gasteiger partial charge in [-0.2, -0.15) is 0 Å². The Bertz CT molecular complexity index is 521. The Morgan fingerprint density at radius 3 is 2.67 bits per heavy atom. The fourth-order valence-corrected chi connectivity index (χ4v) is 4.21. The molecule has 0 atom stereocenters. The van der Waals surface area contributed by atoms with Crippen molar-refractivity contribution >= 4 is 35.2 Å². The van der Waals surface area contributed by atoms with Crippen molar-refractivity contribution in [3.05, 3.63) is 5.51 Å². The van der Waals surface area contributed by atoms with Crippen molar-refractivity contribution in [2.75, 3.05) is 13.1 Å². The smallest absolute Gasteiger partial charge is 0.410 e. The molecule has 0 unspecified atom stereocenters. The fourth-order valence-electron chi connectivity index (χ4n) is 1.99. The van der Waals surface area contributed by atoms with E-state index in [4.69, 9.17) is 9.84 Å². The molecule has 1 amide bonds. The molecule has 1 fully saturated rings. The van der Waals surface area contributed by atoms with Gasteiger partial charge in [0, 0.05) is 13.1 Å². The number of nitrogens with zero attached hydrogens (tertiary/aromatic N) is 3. The van der Waals surface area contributed by atoms with E-state index in [1.807, 2.05) is 0 Å². The van der Waals surface area contributed by atoms with E-state index in [1.165, 1.54) is 28.0 Å². The third kappa shape index (κ3) is 4.31. The number of carboxylic acids is 1. The van der Waals surface area contributed by atoms with E-state index in [1.54, 1.807) is 26.3 Å². The predicted molar refractivity (Wildman–Crippen MR) is 78.6 cm³/mol. The Balaban J connectivity index is 1.99. The van der Waals surface area contributed by atoms with Crippen LogP contribution in [0.4, 0.5) is 4.79 Å². The third-order valence-electron chi connectivity index (χ3n) is 2.73. The molecule has 9 heteroatoms. The van der Waals surface area contributed by atoms with Crippen molar-refractivity contribution < 1.29 is 19.4 Å². The van der Waals surface area contributed by atoms with Crippen LogP contribution in [0.2, 0.25) is 0 Å². The normalized spacial score (nSPS) is 17.2. The predicted octanol–water partition coefficient (Wildman–Crippen LogP) is 2.09. The lowest BCUT2D eigenvalue weighted by Gasteiger charge is -2.48. The SMILES string of the molecule is CC(C)(C)OC(=O)N1CC(CC(=O)O)(Sc2nncs2)C1. The molecule has 1 N–H and O–H groups in total. The van der Waals surface area contributed by atoms with Crippen LogP contribution in [0.5, 0.6) is 0 Å². The zero-order valence-electron chi connectivity index (χ0n) is 12.0. The Kier molecular flexibility index (Phi) is 4.43. The summed E-state index contributed by atoms with van der Waals surface area (Å²) in [5.41, 5.74) is 1.04. The molecule has 1 aromatic rings. The maximum absolute atomic E-state index is 11.9. The monoisotopic (exact) mass is 331 g/mol. The van der Waals surface area contributed by atoms with Crippen LogP contribution in [0.15, 0.2) is 9.85 Å². The first-order valence-electron chi connectivity index (χ1n) is 6.34. The molecule has 1 aliphatic rings. The van der Waals surface area contributed by atoms with Gasteiger partial charge in [0.15, 0.2) is 4.34 Å². The summed E-state index contributed by atoms with van der Waals surface area (Å²) < 4.78 is 5.44. The van der Waals surface area contributed by atoms with Crippen molar-refractivity contribution in [2.45, 2.75) is 41.9 Å². The summed E-state index contributed by atoms with van der Waals surface area (Å²) in [6, 6.07) is 0. The summed E-state index contributed by atoms with van der Waals surface area (Å²) in [6.07, 6.45) is -0.447. The quantitative estimate of drug-likeness (QED) is 0.903. The molecule has 1 aromatic heterocycles. The van der Waals surface area contributed by atoms with Gasteiger partial charge in [-0.15, -0.1) is 10.2 Å². The first kappa shape index (κ1) is 16.0. The van der Waals surface area contributed by atoms with Gasteiger partial charge in [0.1, 0.15) is 11.1 Å². The van der Waals surface area contributed by atoms with Gasteiger partial charge in [-0.3, -0.25) is 4.79 Å². The lowest BCUT2D eigenvalue weighted by Crippen LogP contribution is -2.62. The molecule has 21 heavy (non-hydrogen) atoms. The van der Waals surface area contributed by atoms with Gasteiger partial charge in [0.05, 0.1) is 11.2 Å². The molecule has 7 nitrogen and oxygen atoms in total. The highest BCUT2D eigenvalue weighted by Gasteiger charge is 2.49. The Labute approximate surface area is 130 Å². The second-order valence-electron chi connectivity index (χ2n) is 5.90. The zero-order valence-corrected chi connectivity index (χ0v) is 13.7. The van der Waals surface area contributed by atoms with Crippen LogP contribution >= 0.6 is 23.1 Å². The van der Waals surface area contributed by atoms with Gasteiger partial charge in [-0.1, -0.05) is 23.1 Å². The van der Waals surface area contributed by atoms with E-state index in [0.29, 0.717) is 17.4 Å². The number of thioether (sulfide) groups is 1. The molecule has 1 aliphatic heterocycles. The Morgan fingerprint density at radius 2 is 2.19 bits per heavy atom. The van der Waals surface area contributed by atoms with Crippen LogP contribution in [0.1, 0.15) is 27.2 Å². The molecule has 2 heterocycles. The van der Waals surface area contributed by atoms with Crippen molar-refractivity contribution in [2.24, 2.45) is 0 Å².